The van der Waals surface area contributed by atoms with Gasteiger partial charge in [0.15, 0.2) is 0 Å². The molecule has 322 valence electrons. The van der Waals surface area contributed by atoms with Crippen molar-refractivity contribution < 1.29 is 34.8 Å². The SMILES string of the molecule is O=C(NS(=O)(=O)c1ccc(N[C@H](CCN2CCCC2)CSc2ccccc2)c(S(=O)(=O)C(F)(F)F)c1)c1ccc(NCCNCC2=C(c3ccc(Cl)cc3)CCCC2)cc1. The molecule has 2 aliphatic rings. The normalized spacial score (nSPS) is 15.8. The molecule has 0 aromatic heterocycles. The number of anilines is 2. The standard InChI is InChI=1S/C43H49ClF3N5O5S3/c44-34-16-12-31(13-17-34)39-11-5-4-8-33(39)29-48-23-24-49-35-18-14-32(15-19-35)42(53)51-60(56,57)38-20-21-40(41(28-38)59(54,55)43(45,46)47)50-36(22-27-52-25-6-7-26-52)30-58-37-9-2-1-3-10-37/h1-3,9-10,12-21,28,36,48-50H,4-8,11,22-27,29-30H2,(H,51,53)/t36-/m1/s1. The number of alkyl halides is 3. The van der Waals surface area contributed by atoms with Gasteiger partial charge >= 0.3 is 5.51 Å². The zero-order valence-electron chi connectivity index (χ0n) is 32.9. The number of sulfone groups is 1. The van der Waals surface area contributed by atoms with Crippen molar-refractivity contribution in [2.45, 2.75) is 71.2 Å². The number of thioether (sulfide) groups is 1. The van der Waals surface area contributed by atoms with Gasteiger partial charge in [0.25, 0.3) is 25.8 Å². The minimum absolute atomic E-state index is 0.0283. The van der Waals surface area contributed by atoms with E-state index in [9.17, 15) is 34.8 Å². The first kappa shape index (κ1) is 45.5. The fourth-order valence-corrected chi connectivity index (χ4v) is 10.4. The van der Waals surface area contributed by atoms with Gasteiger partial charge in [-0.2, -0.15) is 13.2 Å². The largest absolute Gasteiger partial charge is 0.501 e. The molecular formula is C43H49ClF3N5O5S3. The summed E-state index contributed by atoms with van der Waals surface area (Å²) in [7, 11) is -10.8. The summed E-state index contributed by atoms with van der Waals surface area (Å²) in [6.07, 6.45) is 6.94. The third kappa shape index (κ3) is 12.3. The summed E-state index contributed by atoms with van der Waals surface area (Å²) in [5.74, 6) is -0.641. The van der Waals surface area contributed by atoms with E-state index in [0.29, 0.717) is 48.6 Å². The molecule has 0 radical (unpaired) electrons. The van der Waals surface area contributed by atoms with Gasteiger partial charge in [0.2, 0.25) is 0 Å². The number of nitrogens with zero attached hydrogens (tertiary/aromatic N) is 1. The van der Waals surface area contributed by atoms with Crippen LogP contribution in [0.25, 0.3) is 5.57 Å². The van der Waals surface area contributed by atoms with Gasteiger partial charge in [-0.1, -0.05) is 47.5 Å². The maximum atomic E-state index is 14.1. The third-order valence-electron chi connectivity index (χ3n) is 10.5. The van der Waals surface area contributed by atoms with E-state index < -0.39 is 47.1 Å². The second kappa shape index (κ2) is 20.7. The van der Waals surface area contributed by atoms with Crippen LogP contribution in [0.4, 0.5) is 24.5 Å². The first-order valence-electron chi connectivity index (χ1n) is 19.9. The molecule has 1 aliphatic carbocycles. The summed E-state index contributed by atoms with van der Waals surface area (Å²) in [5, 5.41) is 10.4. The van der Waals surface area contributed by atoms with E-state index in [0.717, 1.165) is 75.2 Å². The molecular weight excluding hydrogens is 855 g/mol. The molecule has 1 atom stereocenters. The quantitative estimate of drug-likeness (QED) is 0.0534. The maximum absolute atomic E-state index is 14.1. The predicted molar refractivity (Wildman–Crippen MR) is 234 cm³/mol. The number of halogens is 4. The van der Waals surface area contributed by atoms with Crippen LogP contribution in [0.1, 0.15) is 60.9 Å². The summed E-state index contributed by atoms with van der Waals surface area (Å²) in [4.78, 5) is 14.2. The summed E-state index contributed by atoms with van der Waals surface area (Å²) in [6, 6.07) is 25.3. The highest BCUT2D eigenvalue weighted by molar-refractivity contribution is 7.99. The molecule has 0 saturated carbocycles. The van der Waals surface area contributed by atoms with Gasteiger partial charge in [-0.05, 0) is 136 Å². The fraction of sp³-hybridized carbons (Fsp3) is 0.372. The molecule has 1 amide bonds. The van der Waals surface area contributed by atoms with Gasteiger partial charge in [-0.3, -0.25) is 4.79 Å². The van der Waals surface area contributed by atoms with E-state index in [1.54, 1.807) is 12.1 Å². The number of nitrogens with one attached hydrogen (secondary N) is 4. The van der Waals surface area contributed by atoms with Crippen LogP contribution in [0.3, 0.4) is 0 Å². The van der Waals surface area contributed by atoms with Crippen molar-refractivity contribution in [2.75, 3.05) is 55.7 Å². The van der Waals surface area contributed by atoms with Crippen molar-refractivity contribution in [3.63, 3.8) is 0 Å². The Balaban J connectivity index is 1.09. The number of benzene rings is 4. The fourth-order valence-electron chi connectivity index (χ4n) is 7.29. The molecule has 0 bridgehead atoms. The lowest BCUT2D eigenvalue weighted by Gasteiger charge is -2.25. The lowest BCUT2D eigenvalue weighted by Crippen LogP contribution is -2.32. The molecule has 1 saturated heterocycles. The minimum atomic E-state index is -6.03. The molecule has 6 rings (SSSR count). The van der Waals surface area contributed by atoms with Gasteiger partial charge in [-0.15, -0.1) is 11.8 Å². The first-order valence-corrected chi connectivity index (χ1v) is 24.2. The van der Waals surface area contributed by atoms with Crippen LogP contribution < -0.4 is 20.7 Å². The Kier molecular flexibility index (Phi) is 15.7. The molecule has 1 heterocycles. The zero-order valence-corrected chi connectivity index (χ0v) is 36.1. The number of amides is 1. The van der Waals surface area contributed by atoms with Gasteiger partial charge < -0.3 is 20.9 Å². The van der Waals surface area contributed by atoms with Crippen molar-refractivity contribution in [2.24, 2.45) is 0 Å². The number of hydrogen-bond donors (Lipinski definition) is 4. The summed E-state index contributed by atoms with van der Waals surface area (Å²) in [6.45, 7) is 4.43. The van der Waals surface area contributed by atoms with Crippen molar-refractivity contribution in [3.05, 3.63) is 119 Å². The van der Waals surface area contributed by atoms with Crippen molar-refractivity contribution in [3.8, 4) is 0 Å². The van der Waals surface area contributed by atoms with Crippen LogP contribution in [-0.2, 0) is 19.9 Å². The van der Waals surface area contributed by atoms with Crippen LogP contribution in [0.15, 0.2) is 117 Å². The minimum Gasteiger partial charge on any atom is -0.384 e. The van der Waals surface area contributed by atoms with Crippen molar-refractivity contribution in [1.29, 1.82) is 0 Å². The van der Waals surface area contributed by atoms with E-state index in [4.69, 9.17) is 11.6 Å². The molecule has 4 N–H and O–H groups in total. The average molecular weight is 905 g/mol. The Morgan fingerprint density at radius 3 is 2.23 bits per heavy atom. The maximum Gasteiger partial charge on any atom is 0.501 e. The lowest BCUT2D eigenvalue weighted by atomic mass is 9.87. The number of carbonyl (C=O) groups is 1. The Morgan fingerprint density at radius 1 is 0.833 bits per heavy atom. The number of sulfonamides is 1. The molecule has 4 aromatic carbocycles. The van der Waals surface area contributed by atoms with E-state index >= 15 is 0 Å². The van der Waals surface area contributed by atoms with Crippen molar-refractivity contribution >= 4 is 66.1 Å². The van der Waals surface area contributed by atoms with Gasteiger partial charge in [0.05, 0.1) is 10.6 Å². The topological polar surface area (TPSA) is 137 Å². The van der Waals surface area contributed by atoms with E-state index in [1.165, 1.54) is 40.6 Å². The Hall–Kier alpha value is -4.06. The van der Waals surface area contributed by atoms with Gasteiger partial charge in [-0.25, -0.2) is 21.6 Å². The third-order valence-corrected chi connectivity index (χ3v) is 14.8. The van der Waals surface area contributed by atoms with Crippen LogP contribution in [0.5, 0.6) is 0 Å². The monoisotopic (exact) mass is 903 g/mol. The van der Waals surface area contributed by atoms with E-state index in [2.05, 4.69) is 33.0 Å². The van der Waals surface area contributed by atoms with Crippen LogP contribution in [-0.4, -0.2) is 84.2 Å². The molecule has 0 unspecified atom stereocenters. The number of carbonyl (C=O) groups excluding carboxylic acids is 1. The smallest absolute Gasteiger partial charge is 0.384 e. The molecule has 17 heteroatoms. The van der Waals surface area contributed by atoms with Crippen molar-refractivity contribution in [1.82, 2.24) is 14.9 Å². The second-order valence-corrected chi connectivity index (χ2v) is 19.9. The van der Waals surface area contributed by atoms with E-state index in [-0.39, 0.29) is 11.3 Å². The first-order chi connectivity index (χ1) is 28.7. The second-order valence-electron chi connectivity index (χ2n) is 14.8. The van der Waals surface area contributed by atoms with Gasteiger partial charge in [0.1, 0.15) is 4.90 Å². The average Bonchev–Trinajstić information content (AvgIpc) is 3.76. The highest BCUT2D eigenvalue weighted by atomic mass is 35.5. The number of hydrogen-bond acceptors (Lipinski definition) is 10. The molecule has 60 heavy (non-hydrogen) atoms. The van der Waals surface area contributed by atoms with Crippen LogP contribution in [0.2, 0.25) is 5.02 Å². The highest BCUT2D eigenvalue weighted by Gasteiger charge is 2.48. The number of rotatable bonds is 19. The van der Waals surface area contributed by atoms with Crippen LogP contribution >= 0.6 is 23.4 Å². The zero-order chi connectivity index (χ0) is 42.8. The Morgan fingerprint density at radius 2 is 1.53 bits per heavy atom. The predicted octanol–water partition coefficient (Wildman–Crippen LogP) is 8.84. The summed E-state index contributed by atoms with van der Waals surface area (Å²) in [5.41, 5.74) is -1.53. The molecule has 0 spiro atoms. The van der Waals surface area contributed by atoms with Crippen LogP contribution in [0, 0.1) is 0 Å². The Labute approximate surface area is 359 Å². The molecule has 4 aromatic rings. The van der Waals surface area contributed by atoms with Gasteiger partial charge in [0, 0.05) is 59.1 Å². The molecule has 1 aliphatic heterocycles. The number of likely N-dealkylation sites (tertiary alicyclic amines) is 1. The number of allylic oxidation sites excluding steroid dienone is 1. The summed E-state index contributed by atoms with van der Waals surface area (Å²) >= 11 is 7.55. The lowest BCUT2D eigenvalue weighted by molar-refractivity contribution is -0.0435. The Bertz CT molecular complexity index is 2330. The summed E-state index contributed by atoms with van der Waals surface area (Å²) < 4.78 is 96.8. The highest BCUT2D eigenvalue weighted by Crippen LogP contribution is 2.37. The van der Waals surface area contributed by atoms with E-state index in [1.807, 2.05) is 47.2 Å². The molecule has 10 nitrogen and oxygen atoms in total. The molecule has 1 fully saturated rings.